The quantitative estimate of drug-likeness (QED) is 0.615. The average Bonchev–Trinajstić information content (AvgIpc) is 3.23. The number of halogens is 2. The van der Waals surface area contributed by atoms with E-state index in [-0.39, 0.29) is 32.9 Å². The summed E-state index contributed by atoms with van der Waals surface area (Å²) in [5.41, 5.74) is 0.242. The maximum Gasteiger partial charge on any atom is 0.243 e. The summed E-state index contributed by atoms with van der Waals surface area (Å²) >= 11 is 6.29. The molecular formula is C18H20ClFN4O3S. The van der Waals surface area contributed by atoms with Crippen LogP contribution in [0.15, 0.2) is 29.3 Å². The second-order valence-corrected chi connectivity index (χ2v) is 8.82. The Kier molecular flexibility index (Phi) is 5.95. The number of hydrogen-bond acceptors (Lipinski definition) is 5. The molecule has 1 heterocycles. The number of aliphatic hydroxyl groups excluding tert-OH is 1. The number of aryl methyl sites for hydroxylation is 1. The van der Waals surface area contributed by atoms with Gasteiger partial charge in [-0.15, -0.1) is 0 Å². The van der Waals surface area contributed by atoms with Gasteiger partial charge in [0.2, 0.25) is 10.0 Å². The van der Waals surface area contributed by atoms with Crippen molar-refractivity contribution in [2.45, 2.75) is 42.8 Å². The number of aliphatic hydroxyl groups is 1. The Bertz CT molecular complexity index is 1030. The summed E-state index contributed by atoms with van der Waals surface area (Å²) < 4.78 is 42.9. The highest BCUT2D eigenvalue weighted by Crippen LogP contribution is 2.33. The van der Waals surface area contributed by atoms with Crippen molar-refractivity contribution in [1.82, 2.24) is 9.29 Å². The topological polar surface area (TPSA) is 107 Å². The number of rotatable bonds is 6. The Morgan fingerprint density at radius 1 is 1.39 bits per heavy atom. The first-order valence-corrected chi connectivity index (χ1v) is 10.6. The van der Waals surface area contributed by atoms with Crippen molar-refractivity contribution in [2.24, 2.45) is 7.05 Å². The monoisotopic (exact) mass is 426 g/mol. The van der Waals surface area contributed by atoms with Crippen molar-refractivity contribution in [3.63, 3.8) is 0 Å². The number of nitriles is 1. The van der Waals surface area contributed by atoms with Crippen LogP contribution >= 0.6 is 11.6 Å². The van der Waals surface area contributed by atoms with E-state index >= 15 is 0 Å². The molecule has 0 spiro atoms. The molecule has 3 N–H and O–H groups in total. The Morgan fingerprint density at radius 3 is 2.71 bits per heavy atom. The van der Waals surface area contributed by atoms with Crippen LogP contribution < -0.4 is 10.0 Å². The van der Waals surface area contributed by atoms with Crippen LogP contribution in [0.3, 0.4) is 0 Å². The van der Waals surface area contributed by atoms with Gasteiger partial charge < -0.3 is 15.0 Å². The molecule has 1 saturated carbocycles. The Morgan fingerprint density at radius 2 is 2.07 bits per heavy atom. The van der Waals surface area contributed by atoms with Gasteiger partial charge in [0.1, 0.15) is 16.8 Å². The van der Waals surface area contributed by atoms with Crippen molar-refractivity contribution in [2.75, 3.05) is 5.32 Å². The van der Waals surface area contributed by atoms with E-state index in [1.54, 1.807) is 13.1 Å². The molecule has 0 radical (unpaired) electrons. The van der Waals surface area contributed by atoms with E-state index in [1.807, 2.05) is 0 Å². The third kappa shape index (κ3) is 4.15. The summed E-state index contributed by atoms with van der Waals surface area (Å²) in [5.74, 6) is -0.675. The summed E-state index contributed by atoms with van der Waals surface area (Å²) in [6.07, 6.45) is 3.49. The van der Waals surface area contributed by atoms with Crippen molar-refractivity contribution < 1.29 is 17.9 Å². The number of sulfonamides is 1. The molecule has 10 heteroatoms. The van der Waals surface area contributed by atoms with E-state index in [0.717, 1.165) is 31.7 Å². The molecule has 0 saturated heterocycles. The van der Waals surface area contributed by atoms with Crippen molar-refractivity contribution >= 4 is 27.3 Å². The highest BCUT2D eigenvalue weighted by atomic mass is 35.5. The number of nitrogens with zero attached hydrogens (tertiary/aromatic N) is 2. The van der Waals surface area contributed by atoms with Gasteiger partial charge in [-0.05, 0) is 31.0 Å². The van der Waals surface area contributed by atoms with Crippen LogP contribution in [0.2, 0.25) is 5.02 Å². The molecule has 1 aliphatic carbocycles. The third-order valence-corrected chi connectivity index (χ3v) is 6.79. The van der Waals surface area contributed by atoms with Gasteiger partial charge in [0.05, 0.1) is 16.3 Å². The number of nitrogens with one attached hydrogen (secondary N) is 2. The van der Waals surface area contributed by atoms with E-state index in [1.165, 1.54) is 22.9 Å². The largest absolute Gasteiger partial charge is 0.368 e. The lowest BCUT2D eigenvalue weighted by Gasteiger charge is -2.16. The van der Waals surface area contributed by atoms with Crippen molar-refractivity contribution in [3.8, 4) is 6.07 Å². The first-order chi connectivity index (χ1) is 13.2. The van der Waals surface area contributed by atoms with Crippen LogP contribution in [0.4, 0.5) is 10.1 Å². The Balaban J connectivity index is 1.85. The minimum atomic E-state index is -3.83. The number of anilines is 1. The van der Waals surface area contributed by atoms with Gasteiger partial charge in [0, 0.05) is 25.0 Å². The second kappa shape index (κ2) is 8.09. The maximum atomic E-state index is 13.4. The fourth-order valence-electron chi connectivity index (χ4n) is 3.34. The smallest absolute Gasteiger partial charge is 0.243 e. The first-order valence-electron chi connectivity index (χ1n) is 8.74. The first kappa shape index (κ1) is 20.6. The van der Waals surface area contributed by atoms with Gasteiger partial charge in [0.15, 0.2) is 6.23 Å². The molecule has 1 fully saturated rings. The molecule has 28 heavy (non-hydrogen) atoms. The SMILES string of the molecule is Cn1cc(S(=O)(=O)NC2CCCC2)c(Cl)c1C(O)Nc1ccc(F)c(C#N)c1. The average molecular weight is 427 g/mol. The zero-order chi connectivity index (χ0) is 20.5. The standard InChI is InChI=1S/C18H20ClFN4O3S/c1-24-10-15(28(26,27)23-12-4-2-3-5-12)16(19)17(24)18(25)22-13-6-7-14(20)11(8-13)9-21/h6-8,10,12,18,22-23,25H,2-5H2,1H3. The number of hydrogen-bond donors (Lipinski definition) is 3. The highest BCUT2D eigenvalue weighted by Gasteiger charge is 2.29. The van der Waals surface area contributed by atoms with Gasteiger partial charge in [-0.2, -0.15) is 5.26 Å². The van der Waals surface area contributed by atoms with Gasteiger partial charge in [-0.3, -0.25) is 0 Å². The van der Waals surface area contributed by atoms with Crippen LogP contribution in [0, 0.1) is 17.1 Å². The van der Waals surface area contributed by atoms with E-state index in [4.69, 9.17) is 16.9 Å². The predicted molar refractivity (Wildman–Crippen MR) is 103 cm³/mol. The molecule has 7 nitrogen and oxygen atoms in total. The highest BCUT2D eigenvalue weighted by molar-refractivity contribution is 7.89. The molecular weight excluding hydrogens is 407 g/mol. The lowest BCUT2D eigenvalue weighted by atomic mass is 10.2. The minimum Gasteiger partial charge on any atom is -0.368 e. The molecule has 2 aromatic rings. The van der Waals surface area contributed by atoms with Crippen LogP contribution in [0.5, 0.6) is 0 Å². The van der Waals surface area contributed by atoms with E-state index in [9.17, 15) is 17.9 Å². The fourth-order valence-corrected chi connectivity index (χ4v) is 5.37. The van der Waals surface area contributed by atoms with Crippen LogP contribution in [-0.2, 0) is 17.1 Å². The minimum absolute atomic E-state index is 0.101. The van der Waals surface area contributed by atoms with Gasteiger partial charge in [0.25, 0.3) is 0 Å². The summed E-state index contributed by atoms with van der Waals surface area (Å²) in [7, 11) is -2.27. The lowest BCUT2D eigenvalue weighted by Crippen LogP contribution is -2.32. The van der Waals surface area contributed by atoms with E-state index in [0.29, 0.717) is 0 Å². The molecule has 0 amide bonds. The van der Waals surface area contributed by atoms with Crippen LogP contribution in [0.1, 0.15) is 43.2 Å². The van der Waals surface area contributed by atoms with E-state index < -0.39 is 22.1 Å². The summed E-state index contributed by atoms with van der Waals surface area (Å²) in [6, 6.07) is 5.30. The maximum absolute atomic E-state index is 13.4. The van der Waals surface area contributed by atoms with Gasteiger partial charge in [-0.1, -0.05) is 24.4 Å². The van der Waals surface area contributed by atoms with Crippen LogP contribution in [-0.4, -0.2) is 24.1 Å². The Hall–Kier alpha value is -2.12. The van der Waals surface area contributed by atoms with Crippen molar-refractivity contribution in [1.29, 1.82) is 5.26 Å². The predicted octanol–water partition coefficient (Wildman–Crippen LogP) is 3.01. The summed E-state index contributed by atoms with van der Waals surface area (Å²) in [5, 5.41) is 22.0. The molecule has 1 aromatic carbocycles. The molecule has 0 aliphatic heterocycles. The molecule has 1 unspecified atom stereocenters. The van der Waals surface area contributed by atoms with Crippen molar-refractivity contribution in [3.05, 3.63) is 46.5 Å². The summed E-state index contributed by atoms with van der Waals surface area (Å²) in [6.45, 7) is 0. The van der Waals surface area contributed by atoms with Crippen LogP contribution in [0.25, 0.3) is 0 Å². The summed E-state index contributed by atoms with van der Waals surface area (Å²) in [4.78, 5) is -0.115. The van der Waals surface area contributed by atoms with Gasteiger partial charge in [-0.25, -0.2) is 17.5 Å². The zero-order valence-electron chi connectivity index (χ0n) is 15.1. The molecule has 0 bridgehead atoms. The zero-order valence-corrected chi connectivity index (χ0v) is 16.7. The molecule has 3 rings (SSSR count). The van der Waals surface area contributed by atoms with Gasteiger partial charge >= 0.3 is 0 Å². The second-order valence-electron chi connectivity index (χ2n) is 6.76. The normalized spacial score (nSPS) is 16.1. The fraction of sp³-hybridized carbons (Fsp3) is 0.389. The van der Waals surface area contributed by atoms with E-state index in [2.05, 4.69) is 10.0 Å². The Labute approximate surface area is 167 Å². The molecule has 1 atom stereocenters. The lowest BCUT2D eigenvalue weighted by molar-refractivity contribution is 0.199. The molecule has 1 aliphatic rings. The molecule has 150 valence electrons. The third-order valence-electron chi connectivity index (χ3n) is 4.75. The number of benzene rings is 1. The number of aromatic nitrogens is 1. The molecule has 1 aromatic heterocycles.